The molecule has 1 N–H and O–H groups in total. The molecule has 1 aromatic heterocycles. The van der Waals surface area contributed by atoms with Crippen LogP contribution in [0.5, 0.6) is 0 Å². The maximum atomic E-state index is 11.9. The Morgan fingerprint density at radius 2 is 2.16 bits per heavy atom. The van der Waals surface area contributed by atoms with Crippen molar-refractivity contribution in [1.82, 2.24) is 14.9 Å². The highest BCUT2D eigenvalue weighted by molar-refractivity contribution is 4.97. The quantitative estimate of drug-likeness (QED) is 0.742. The Labute approximate surface area is 111 Å². The van der Waals surface area contributed by atoms with Crippen LogP contribution in [-0.2, 0) is 17.8 Å². The average molecular weight is 279 g/mol. The van der Waals surface area contributed by atoms with Crippen LogP contribution in [0, 0.1) is 5.92 Å². The van der Waals surface area contributed by atoms with Crippen molar-refractivity contribution in [2.24, 2.45) is 5.92 Å². The second-order valence-corrected chi connectivity index (χ2v) is 4.77. The van der Waals surface area contributed by atoms with Gasteiger partial charge in [-0.05, 0) is 12.5 Å². The van der Waals surface area contributed by atoms with Crippen LogP contribution in [-0.4, -0.2) is 35.5 Å². The molecule has 0 amide bonds. The number of halogens is 3. The van der Waals surface area contributed by atoms with Crippen LogP contribution in [0.3, 0.4) is 0 Å². The van der Waals surface area contributed by atoms with Crippen LogP contribution in [0.2, 0.25) is 0 Å². The molecule has 0 saturated heterocycles. The molecule has 1 aromatic rings. The number of aromatic nitrogens is 2. The van der Waals surface area contributed by atoms with Crippen molar-refractivity contribution in [1.29, 1.82) is 0 Å². The number of rotatable bonds is 8. The van der Waals surface area contributed by atoms with E-state index in [9.17, 15) is 13.2 Å². The number of nitrogens with zero attached hydrogens (tertiary/aromatic N) is 2. The third-order valence-corrected chi connectivity index (χ3v) is 2.40. The molecule has 19 heavy (non-hydrogen) atoms. The monoisotopic (exact) mass is 279 g/mol. The third kappa shape index (κ3) is 7.17. The SMILES string of the molecule is CC(C)CNCc1cncn1CCOCC(F)(F)F. The van der Waals surface area contributed by atoms with Gasteiger partial charge in [-0.25, -0.2) is 4.98 Å². The standard InChI is InChI=1S/C12H20F3N3O/c1-10(2)5-16-6-11-7-17-9-18(11)3-4-19-8-12(13,14)15/h7,9-10,16H,3-6,8H2,1-2H3. The van der Waals surface area contributed by atoms with Gasteiger partial charge in [0, 0.05) is 19.3 Å². The van der Waals surface area contributed by atoms with Gasteiger partial charge in [0.2, 0.25) is 0 Å². The van der Waals surface area contributed by atoms with Gasteiger partial charge < -0.3 is 14.6 Å². The summed E-state index contributed by atoms with van der Waals surface area (Å²) >= 11 is 0. The van der Waals surface area contributed by atoms with Crippen LogP contribution in [0.25, 0.3) is 0 Å². The van der Waals surface area contributed by atoms with E-state index in [1.807, 2.05) is 0 Å². The summed E-state index contributed by atoms with van der Waals surface area (Å²) in [4.78, 5) is 3.99. The van der Waals surface area contributed by atoms with Crippen molar-refractivity contribution in [2.75, 3.05) is 19.8 Å². The van der Waals surface area contributed by atoms with Gasteiger partial charge in [-0.2, -0.15) is 13.2 Å². The first-order chi connectivity index (χ1) is 8.88. The first-order valence-corrected chi connectivity index (χ1v) is 6.22. The van der Waals surface area contributed by atoms with Crippen LogP contribution in [0.15, 0.2) is 12.5 Å². The molecule has 0 aliphatic rings. The van der Waals surface area contributed by atoms with Gasteiger partial charge in [0.15, 0.2) is 0 Å². The van der Waals surface area contributed by atoms with Crippen molar-refractivity contribution in [2.45, 2.75) is 33.1 Å². The molecule has 7 heteroatoms. The molecular formula is C12H20F3N3O. The first kappa shape index (κ1) is 16.0. The Kier molecular flexibility index (Phi) is 6.30. The molecular weight excluding hydrogens is 259 g/mol. The van der Waals surface area contributed by atoms with E-state index in [1.54, 1.807) is 17.1 Å². The number of imidazole rings is 1. The smallest absolute Gasteiger partial charge is 0.370 e. The highest BCUT2D eigenvalue weighted by Gasteiger charge is 2.27. The van der Waals surface area contributed by atoms with E-state index in [0.717, 1.165) is 12.2 Å². The third-order valence-electron chi connectivity index (χ3n) is 2.40. The molecule has 0 atom stereocenters. The van der Waals surface area contributed by atoms with Crippen molar-refractivity contribution in [3.8, 4) is 0 Å². The molecule has 0 aliphatic carbocycles. The normalized spacial score (nSPS) is 12.3. The van der Waals surface area contributed by atoms with E-state index in [4.69, 9.17) is 0 Å². The predicted octanol–water partition coefficient (Wildman–Crippen LogP) is 2.21. The number of hydrogen-bond donors (Lipinski definition) is 1. The van der Waals surface area contributed by atoms with E-state index in [-0.39, 0.29) is 6.61 Å². The topological polar surface area (TPSA) is 39.1 Å². The lowest BCUT2D eigenvalue weighted by molar-refractivity contribution is -0.174. The summed E-state index contributed by atoms with van der Waals surface area (Å²) in [6.07, 6.45) is -0.961. The summed E-state index contributed by atoms with van der Waals surface area (Å²) in [7, 11) is 0. The Balaban J connectivity index is 2.28. The largest absolute Gasteiger partial charge is 0.411 e. The van der Waals surface area contributed by atoms with Gasteiger partial charge in [-0.15, -0.1) is 0 Å². The van der Waals surface area contributed by atoms with E-state index in [2.05, 4.69) is 28.9 Å². The van der Waals surface area contributed by atoms with Gasteiger partial charge in [0.25, 0.3) is 0 Å². The maximum absolute atomic E-state index is 11.9. The molecule has 0 spiro atoms. The Hall–Kier alpha value is -1.08. The van der Waals surface area contributed by atoms with E-state index in [1.165, 1.54) is 0 Å². The number of alkyl halides is 3. The molecule has 0 bridgehead atoms. The van der Waals surface area contributed by atoms with E-state index >= 15 is 0 Å². The fraction of sp³-hybridized carbons (Fsp3) is 0.750. The molecule has 0 aromatic carbocycles. The second kappa shape index (κ2) is 7.49. The van der Waals surface area contributed by atoms with Gasteiger partial charge in [-0.3, -0.25) is 0 Å². The molecule has 4 nitrogen and oxygen atoms in total. The van der Waals surface area contributed by atoms with Crippen LogP contribution < -0.4 is 5.32 Å². The fourth-order valence-corrected chi connectivity index (χ4v) is 1.54. The van der Waals surface area contributed by atoms with Crippen LogP contribution >= 0.6 is 0 Å². The highest BCUT2D eigenvalue weighted by Crippen LogP contribution is 2.14. The molecule has 0 aliphatic heterocycles. The zero-order chi connectivity index (χ0) is 14.3. The zero-order valence-corrected chi connectivity index (χ0v) is 11.2. The lowest BCUT2D eigenvalue weighted by atomic mass is 10.2. The Morgan fingerprint density at radius 3 is 2.79 bits per heavy atom. The molecule has 1 rings (SSSR count). The molecule has 0 unspecified atom stereocenters. The van der Waals surface area contributed by atoms with Crippen LogP contribution in [0.1, 0.15) is 19.5 Å². The summed E-state index contributed by atoms with van der Waals surface area (Å²) in [6, 6.07) is 0. The summed E-state index contributed by atoms with van der Waals surface area (Å²) in [5, 5.41) is 3.26. The van der Waals surface area contributed by atoms with Crippen LogP contribution in [0.4, 0.5) is 13.2 Å². The summed E-state index contributed by atoms with van der Waals surface area (Å²) < 4.78 is 42.0. The van der Waals surface area contributed by atoms with Gasteiger partial charge in [0.1, 0.15) is 6.61 Å². The zero-order valence-electron chi connectivity index (χ0n) is 11.2. The Bertz CT molecular complexity index is 363. The average Bonchev–Trinajstić information content (AvgIpc) is 2.70. The Morgan fingerprint density at radius 1 is 1.42 bits per heavy atom. The fourth-order valence-electron chi connectivity index (χ4n) is 1.54. The minimum atomic E-state index is -4.27. The number of nitrogens with one attached hydrogen (secondary N) is 1. The number of ether oxygens (including phenoxy) is 1. The van der Waals surface area contributed by atoms with Crippen molar-refractivity contribution >= 4 is 0 Å². The molecule has 0 radical (unpaired) electrons. The van der Waals surface area contributed by atoms with Crippen molar-refractivity contribution in [3.05, 3.63) is 18.2 Å². The number of hydrogen-bond acceptors (Lipinski definition) is 3. The van der Waals surface area contributed by atoms with E-state index < -0.39 is 12.8 Å². The van der Waals surface area contributed by atoms with Crippen molar-refractivity contribution in [3.63, 3.8) is 0 Å². The second-order valence-electron chi connectivity index (χ2n) is 4.77. The molecule has 1 heterocycles. The lowest BCUT2D eigenvalue weighted by Crippen LogP contribution is -2.22. The van der Waals surface area contributed by atoms with E-state index in [0.29, 0.717) is 19.0 Å². The minimum Gasteiger partial charge on any atom is -0.370 e. The van der Waals surface area contributed by atoms with Gasteiger partial charge >= 0.3 is 6.18 Å². The molecule has 0 fully saturated rings. The minimum absolute atomic E-state index is 0.0209. The van der Waals surface area contributed by atoms with Crippen molar-refractivity contribution < 1.29 is 17.9 Å². The molecule has 0 saturated carbocycles. The predicted molar refractivity (Wildman–Crippen MR) is 65.6 cm³/mol. The lowest BCUT2D eigenvalue weighted by Gasteiger charge is -2.11. The molecule has 110 valence electrons. The first-order valence-electron chi connectivity index (χ1n) is 6.22. The summed E-state index contributed by atoms with van der Waals surface area (Å²) in [5.74, 6) is 0.548. The van der Waals surface area contributed by atoms with Gasteiger partial charge in [0.05, 0.1) is 18.6 Å². The highest BCUT2D eigenvalue weighted by atomic mass is 19.4. The van der Waals surface area contributed by atoms with Gasteiger partial charge in [-0.1, -0.05) is 13.8 Å². The summed E-state index contributed by atoms with van der Waals surface area (Å²) in [6.45, 7) is 4.93. The summed E-state index contributed by atoms with van der Waals surface area (Å²) in [5.41, 5.74) is 0.941. The maximum Gasteiger partial charge on any atom is 0.411 e.